The Bertz CT molecular complexity index is 563. The number of benzene rings is 2. The summed E-state index contributed by atoms with van der Waals surface area (Å²) >= 11 is 5.89. The summed E-state index contributed by atoms with van der Waals surface area (Å²) in [6, 6.07) is 13.7. The van der Waals surface area contributed by atoms with Crippen molar-refractivity contribution in [3.05, 3.63) is 58.6 Å². The summed E-state index contributed by atoms with van der Waals surface area (Å²) in [5.41, 5.74) is 2.34. The van der Waals surface area contributed by atoms with Crippen LogP contribution in [0.15, 0.2) is 42.5 Å². The summed E-state index contributed by atoms with van der Waals surface area (Å²) in [7, 11) is 1.67. The minimum absolute atomic E-state index is 0.0735. The van der Waals surface area contributed by atoms with Gasteiger partial charge in [0.1, 0.15) is 17.6 Å². The van der Waals surface area contributed by atoms with Gasteiger partial charge in [-0.3, -0.25) is 0 Å². The predicted molar refractivity (Wildman–Crippen MR) is 71.5 cm³/mol. The molecule has 0 radical (unpaired) electrons. The van der Waals surface area contributed by atoms with Crippen molar-refractivity contribution < 1.29 is 9.47 Å². The second-order valence-electron chi connectivity index (χ2n) is 4.34. The molecule has 2 aromatic carbocycles. The van der Waals surface area contributed by atoms with Crippen LogP contribution in [0.3, 0.4) is 0 Å². The molecule has 3 rings (SSSR count). The van der Waals surface area contributed by atoms with Crippen molar-refractivity contribution >= 4 is 11.6 Å². The molecular formula is C15H13ClO2. The minimum Gasteiger partial charge on any atom is -0.497 e. The normalized spacial score (nSPS) is 17.1. The first-order valence-electron chi connectivity index (χ1n) is 5.85. The molecule has 0 unspecified atom stereocenters. The van der Waals surface area contributed by atoms with E-state index in [4.69, 9.17) is 21.1 Å². The highest BCUT2D eigenvalue weighted by Gasteiger charge is 2.24. The molecule has 0 amide bonds. The first-order chi connectivity index (χ1) is 8.76. The van der Waals surface area contributed by atoms with E-state index >= 15 is 0 Å². The standard InChI is InChI=1S/C15H13ClO2/c1-17-13-6-7-14-11(8-13)9-15(18-14)10-2-4-12(16)5-3-10/h2-8,15H,9H2,1H3/t15-/m0/s1. The number of hydrogen-bond donors (Lipinski definition) is 0. The topological polar surface area (TPSA) is 18.5 Å². The van der Waals surface area contributed by atoms with Gasteiger partial charge in [0, 0.05) is 17.0 Å². The average Bonchev–Trinajstić information content (AvgIpc) is 2.82. The van der Waals surface area contributed by atoms with Gasteiger partial charge in [-0.25, -0.2) is 0 Å². The molecule has 0 saturated heterocycles. The van der Waals surface area contributed by atoms with Gasteiger partial charge in [0.05, 0.1) is 7.11 Å². The van der Waals surface area contributed by atoms with Crippen molar-refractivity contribution in [2.75, 3.05) is 7.11 Å². The Balaban J connectivity index is 1.86. The van der Waals surface area contributed by atoms with Crippen LogP contribution in [0.25, 0.3) is 0 Å². The van der Waals surface area contributed by atoms with Gasteiger partial charge in [0.15, 0.2) is 0 Å². The zero-order valence-electron chi connectivity index (χ0n) is 10.0. The molecule has 18 heavy (non-hydrogen) atoms. The third kappa shape index (κ3) is 2.04. The molecule has 0 spiro atoms. The number of rotatable bonds is 2. The van der Waals surface area contributed by atoms with Crippen LogP contribution < -0.4 is 9.47 Å². The number of fused-ring (bicyclic) bond motifs is 1. The van der Waals surface area contributed by atoms with Crippen LogP contribution in [-0.2, 0) is 6.42 Å². The van der Waals surface area contributed by atoms with E-state index in [-0.39, 0.29) is 6.10 Å². The van der Waals surface area contributed by atoms with E-state index in [1.165, 1.54) is 5.56 Å². The van der Waals surface area contributed by atoms with E-state index in [0.29, 0.717) is 0 Å². The number of hydrogen-bond acceptors (Lipinski definition) is 2. The third-order valence-corrected chi connectivity index (χ3v) is 3.44. The SMILES string of the molecule is COc1ccc2c(c1)C[C@@H](c1ccc(Cl)cc1)O2. The summed E-state index contributed by atoms with van der Waals surface area (Å²) in [5, 5.41) is 0.746. The summed E-state index contributed by atoms with van der Waals surface area (Å²) in [6.45, 7) is 0. The highest BCUT2D eigenvalue weighted by molar-refractivity contribution is 6.30. The monoisotopic (exact) mass is 260 g/mol. The molecule has 1 aliphatic rings. The summed E-state index contributed by atoms with van der Waals surface area (Å²) < 4.78 is 11.2. The van der Waals surface area contributed by atoms with Crippen LogP contribution >= 0.6 is 11.6 Å². The van der Waals surface area contributed by atoms with Crippen LogP contribution in [0.5, 0.6) is 11.5 Å². The average molecular weight is 261 g/mol. The van der Waals surface area contributed by atoms with E-state index in [0.717, 1.165) is 28.5 Å². The van der Waals surface area contributed by atoms with Gasteiger partial charge in [0.25, 0.3) is 0 Å². The quantitative estimate of drug-likeness (QED) is 0.812. The van der Waals surface area contributed by atoms with Gasteiger partial charge in [-0.15, -0.1) is 0 Å². The maximum absolute atomic E-state index is 5.93. The molecular weight excluding hydrogens is 248 g/mol. The summed E-state index contributed by atoms with van der Waals surface area (Å²) in [6.07, 6.45) is 0.943. The van der Waals surface area contributed by atoms with Crippen molar-refractivity contribution in [2.45, 2.75) is 12.5 Å². The van der Waals surface area contributed by atoms with Gasteiger partial charge < -0.3 is 9.47 Å². The lowest BCUT2D eigenvalue weighted by Gasteiger charge is -2.10. The Hall–Kier alpha value is -1.67. The van der Waals surface area contributed by atoms with Crippen molar-refractivity contribution in [2.24, 2.45) is 0 Å². The first kappa shape index (κ1) is 11.4. The Morgan fingerprint density at radius 3 is 2.67 bits per heavy atom. The molecule has 0 fully saturated rings. The highest BCUT2D eigenvalue weighted by Crippen LogP contribution is 2.38. The molecule has 2 aromatic rings. The molecule has 92 valence electrons. The fraction of sp³-hybridized carbons (Fsp3) is 0.200. The van der Waals surface area contributed by atoms with E-state index in [2.05, 4.69) is 0 Å². The van der Waals surface area contributed by atoms with E-state index in [1.807, 2.05) is 42.5 Å². The lowest BCUT2D eigenvalue weighted by molar-refractivity contribution is 0.238. The smallest absolute Gasteiger partial charge is 0.128 e. The zero-order valence-corrected chi connectivity index (χ0v) is 10.8. The molecule has 1 atom stereocenters. The maximum atomic E-state index is 5.93. The van der Waals surface area contributed by atoms with Gasteiger partial charge in [-0.2, -0.15) is 0 Å². The predicted octanol–water partition coefficient (Wildman–Crippen LogP) is 4.02. The van der Waals surface area contributed by atoms with E-state index in [1.54, 1.807) is 7.11 Å². The Morgan fingerprint density at radius 2 is 1.94 bits per heavy atom. The minimum atomic E-state index is 0.0735. The lowest BCUT2D eigenvalue weighted by atomic mass is 10.0. The van der Waals surface area contributed by atoms with Crippen LogP contribution in [-0.4, -0.2) is 7.11 Å². The van der Waals surface area contributed by atoms with Crippen LogP contribution in [0.2, 0.25) is 5.02 Å². The number of halogens is 1. The molecule has 3 heteroatoms. The molecule has 0 aliphatic carbocycles. The second-order valence-corrected chi connectivity index (χ2v) is 4.77. The first-order valence-corrected chi connectivity index (χ1v) is 6.23. The zero-order chi connectivity index (χ0) is 12.5. The third-order valence-electron chi connectivity index (χ3n) is 3.18. The Labute approximate surface area is 111 Å². The molecule has 1 aliphatic heterocycles. The second kappa shape index (κ2) is 4.54. The van der Waals surface area contributed by atoms with Gasteiger partial charge in [-0.1, -0.05) is 23.7 Å². The van der Waals surface area contributed by atoms with Gasteiger partial charge in [0.2, 0.25) is 0 Å². The van der Waals surface area contributed by atoms with Gasteiger partial charge in [-0.05, 0) is 35.9 Å². The Kier molecular flexibility index (Phi) is 2.88. The van der Waals surface area contributed by atoms with Crippen LogP contribution in [0.1, 0.15) is 17.2 Å². The molecule has 0 saturated carbocycles. The maximum Gasteiger partial charge on any atom is 0.128 e. The fourth-order valence-corrected chi connectivity index (χ4v) is 2.34. The lowest BCUT2D eigenvalue weighted by Crippen LogP contribution is -2.02. The van der Waals surface area contributed by atoms with Gasteiger partial charge >= 0.3 is 0 Å². The van der Waals surface area contributed by atoms with Crippen molar-refractivity contribution in [3.63, 3.8) is 0 Å². The van der Waals surface area contributed by atoms with Crippen molar-refractivity contribution in [1.82, 2.24) is 0 Å². The largest absolute Gasteiger partial charge is 0.497 e. The summed E-state index contributed by atoms with van der Waals surface area (Å²) in [4.78, 5) is 0. The molecule has 0 bridgehead atoms. The molecule has 1 heterocycles. The van der Waals surface area contributed by atoms with Crippen molar-refractivity contribution in [1.29, 1.82) is 0 Å². The van der Waals surface area contributed by atoms with Crippen LogP contribution in [0, 0.1) is 0 Å². The van der Waals surface area contributed by atoms with E-state index in [9.17, 15) is 0 Å². The van der Waals surface area contributed by atoms with Crippen molar-refractivity contribution in [3.8, 4) is 11.5 Å². The Morgan fingerprint density at radius 1 is 1.17 bits per heavy atom. The van der Waals surface area contributed by atoms with E-state index < -0.39 is 0 Å². The highest BCUT2D eigenvalue weighted by atomic mass is 35.5. The fourth-order valence-electron chi connectivity index (χ4n) is 2.22. The molecule has 0 aromatic heterocycles. The molecule has 0 N–H and O–H groups in total. The summed E-state index contributed by atoms with van der Waals surface area (Å²) in [5.74, 6) is 1.81. The number of methoxy groups -OCH3 is 1. The number of ether oxygens (including phenoxy) is 2. The van der Waals surface area contributed by atoms with Crippen LogP contribution in [0.4, 0.5) is 0 Å². The molecule has 2 nitrogen and oxygen atoms in total.